The molecule has 4 rings (SSSR count). The number of rotatable bonds is 5. The van der Waals surface area contributed by atoms with Gasteiger partial charge in [-0.25, -0.2) is 4.98 Å². The summed E-state index contributed by atoms with van der Waals surface area (Å²) in [4.78, 5) is 9.28. The molecule has 1 saturated heterocycles. The van der Waals surface area contributed by atoms with E-state index in [1.54, 1.807) is 27.9 Å². The molecule has 7 nitrogen and oxygen atoms in total. The predicted molar refractivity (Wildman–Crippen MR) is 104 cm³/mol. The minimum absolute atomic E-state index is 0.0718. The van der Waals surface area contributed by atoms with Crippen molar-refractivity contribution >= 4 is 16.3 Å². The number of benzene rings is 1. The number of aromatic nitrogens is 3. The number of ether oxygens (including phenoxy) is 1. The largest absolute Gasteiger partial charge is 0.497 e. The molecule has 0 aliphatic carbocycles. The maximum absolute atomic E-state index is 10.9. The number of aromatic hydroxyl groups is 1. The number of piperazine rings is 1. The first-order valence-corrected chi connectivity index (χ1v) is 10.3. The molecule has 8 heteroatoms. The molecule has 3 heterocycles. The standard InChI is InChI=1S/C19H25N5O2S/c1-4-15-20-19-24(21-15)18(25)17(27-19)16(23-11-9-22(2)10-12-23)13-5-7-14(26-3)8-6-13/h5-8,16,25H,4,9-12H2,1-3H3/p+2/t16-/m0/s1. The van der Waals surface area contributed by atoms with Gasteiger partial charge in [0.25, 0.3) is 0 Å². The topological polar surface area (TPSA) is 68.5 Å². The van der Waals surface area contributed by atoms with E-state index < -0.39 is 0 Å². The van der Waals surface area contributed by atoms with Gasteiger partial charge in [0.2, 0.25) is 10.8 Å². The Hall–Kier alpha value is -2.16. The van der Waals surface area contributed by atoms with E-state index in [1.807, 2.05) is 19.1 Å². The Morgan fingerprint density at radius 3 is 2.52 bits per heavy atom. The quantitative estimate of drug-likeness (QED) is 0.554. The average Bonchev–Trinajstić information content (AvgIpc) is 3.23. The molecule has 1 aliphatic rings. The summed E-state index contributed by atoms with van der Waals surface area (Å²) in [5.41, 5.74) is 1.18. The third-order valence-electron chi connectivity index (χ3n) is 5.43. The van der Waals surface area contributed by atoms with Gasteiger partial charge in [0.15, 0.2) is 11.9 Å². The third kappa shape index (κ3) is 3.40. The van der Waals surface area contributed by atoms with Crippen LogP contribution in [-0.4, -0.2) is 60.0 Å². The molecule has 1 aromatic carbocycles. The summed E-state index contributed by atoms with van der Waals surface area (Å²) in [7, 11) is 3.92. The lowest BCUT2D eigenvalue weighted by Crippen LogP contribution is -3.27. The first-order valence-electron chi connectivity index (χ1n) is 9.47. The average molecular weight is 390 g/mol. The highest BCUT2D eigenvalue weighted by molar-refractivity contribution is 7.17. The Kier molecular flexibility index (Phi) is 5.03. The van der Waals surface area contributed by atoms with Crippen LogP contribution in [0.4, 0.5) is 0 Å². The van der Waals surface area contributed by atoms with E-state index in [1.165, 1.54) is 10.5 Å². The van der Waals surface area contributed by atoms with Crippen molar-refractivity contribution in [3.05, 3.63) is 40.5 Å². The lowest BCUT2D eigenvalue weighted by Gasteiger charge is -2.33. The second kappa shape index (κ2) is 7.46. The number of aryl methyl sites for hydroxylation is 1. The monoisotopic (exact) mass is 389 g/mol. The molecule has 0 bridgehead atoms. The van der Waals surface area contributed by atoms with E-state index in [0.717, 1.165) is 54.0 Å². The molecule has 3 aromatic rings. The lowest BCUT2D eigenvalue weighted by atomic mass is 10.0. The summed E-state index contributed by atoms with van der Waals surface area (Å²) in [5.74, 6) is 1.83. The summed E-state index contributed by atoms with van der Waals surface area (Å²) in [5, 5.41) is 15.4. The van der Waals surface area contributed by atoms with Gasteiger partial charge < -0.3 is 19.6 Å². The van der Waals surface area contributed by atoms with Crippen LogP contribution in [0.15, 0.2) is 24.3 Å². The Balaban J connectivity index is 1.77. The van der Waals surface area contributed by atoms with Crippen molar-refractivity contribution in [2.75, 3.05) is 40.3 Å². The summed E-state index contributed by atoms with van der Waals surface area (Å²) >= 11 is 1.55. The van der Waals surface area contributed by atoms with Crippen LogP contribution < -0.4 is 14.5 Å². The van der Waals surface area contributed by atoms with Crippen molar-refractivity contribution in [3.8, 4) is 11.6 Å². The minimum atomic E-state index is 0.0718. The molecular formula is C19H27N5O2S+2. The Morgan fingerprint density at radius 1 is 1.22 bits per heavy atom. The van der Waals surface area contributed by atoms with Gasteiger partial charge in [-0.15, -0.1) is 5.10 Å². The highest BCUT2D eigenvalue weighted by Gasteiger charge is 2.35. The van der Waals surface area contributed by atoms with E-state index in [-0.39, 0.29) is 11.9 Å². The predicted octanol–water partition coefficient (Wildman–Crippen LogP) is -0.430. The van der Waals surface area contributed by atoms with Gasteiger partial charge in [-0.2, -0.15) is 4.52 Å². The van der Waals surface area contributed by atoms with E-state index in [9.17, 15) is 5.11 Å². The zero-order valence-electron chi connectivity index (χ0n) is 16.0. The number of fused-ring (bicyclic) bond motifs is 1. The van der Waals surface area contributed by atoms with Crippen LogP contribution >= 0.6 is 11.3 Å². The second-order valence-electron chi connectivity index (χ2n) is 7.19. The Bertz CT molecular complexity index is 912. The Labute approximate surface area is 162 Å². The van der Waals surface area contributed by atoms with Crippen LogP contribution in [0.1, 0.15) is 29.2 Å². The molecule has 0 spiro atoms. The van der Waals surface area contributed by atoms with Gasteiger partial charge >= 0.3 is 0 Å². The maximum Gasteiger partial charge on any atom is 0.235 e. The van der Waals surface area contributed by atoms with Gasteiger partial charge in [-0.05, 0) is 24.3 Å². The minimum Gasteiger partial charge on any atom is -0.497 e. The van der Waals surface area contributed by atoms with Crippen molar-refractivity contribution < 1.29 is 19.6 Å². The second-order valence-corrected chi connectivity index (χ2v) is 8.20. The fourth-order valence-corrected chi connectivity index (χ4v) is 4.94. The van der Waals surface area contributed by atoms with Crippen LogP contribution in [0.2, 0.25) is 0 Å². The SMILES string of the molecule is CCc1nc2sc([C@H](c3ccc(OC)cc3)[NH+]3CC[NH+](C)CC3)c(O)n2n1. The van der Waals surface area contributed by atoms with Crippen LogP contribution in [0.5, 0.6) is 11.6 Å². The Morgan fingerprint density at radius 2 is 1.93 bits per heavy atom. The summed E-state index contributed by atoms with van der Waals surface area (Å²) in [6.45, 7) is 6.41. The molecule has 3 N–H and O–H groups in total. The number of hydrogen-bond donors (Lipinski definition) is 3. The lowest BCUT2D eigenvalue weighted by molar-refractivity contribution is -1.02. The fraction of sp³-hybridized carbons (Fsp3) is 0.474. The zero-order chi connectivity index (χ0) is 19.0. The van der Waals surface area contributed by atoms with Crippen molar-refractivity contribution in [1.29, 1.82) is 0 Å². The molecule has 1 atom stereocenters. The van der Waals surface area contributed by atoms with Crippen molar-refractivity contribution in [1.82, 2.24) is 14.6 Å². The normalized spacial score (nSPS) is 21.4. The molecule has 0 radical (unpaired) electrons. The van der Waals surface area contributed by atoms with Crippen molar-refractivity contribution in [2.45, 2.75) is 19.4 Å². The summed E-state index contributed by atoms with van der Waals surface area (Å²) in [6.07, 6.45) is 0.761. The molecular weight excluding hydrogens is 362 g/mol. The third-order valence-corrected chi connectivity index (χ3v) is 6.51. The van der Waals surface area contributed by atoms with E-state index >= 15 is 0 Å². The number of quaternary nitrogens is 2. The van der Waals surface area contributed by atoms with Gasteiger partial charge in [-0.3, -0.25) is 0 Å². The molecule has 1 aliphatic heterocycles. The van der Waals surface area contributed by atoms with Gasteiger partial charge in [-0.1, -0.05) is 18.3 Å². The number of thiazole rings is 1. The number of hydrogen-bond acceptors (Lipinski definition) is 5. The number of likely N-dealkylation sites (N-methyl/N-ethyl adjacent to an activating group) is 1. The fourth-order valence-electron chi connectivity index (χ4n) is 3.78. The number of nitrogens with one attached hydrogen (secondary N) is 2. The van der Waals surface area contributed by atoms with Gasteiger partial charge in [0, 0.05) is 12.0 Å². The smallest absolute Gasteiger partial charge is 0.235 e. The summed E-state index contributed by atoms with van der Waals surface area (Å²) in [6, 6.07) is 8.27. The first-order chi connectivity index (χ1) is 13.1. The van der Waals surface area contributed by atoms with E-state index in [4.69, 9.17) is 4.74 Å². The molecule has 144 valence electrons. The highest BCUT2D eigenvalue weighted by atomic mass is 32.1. The van der Waals surface area contributed by atoms with Crippen LogP contribution in [0.25, 0.3) is 4.96 Å². The zero-order valence-corrected chi connectivity index (χ0v) is 16.8. The van der Waals surface area contributed by atoms with Gasteiger partial charge in [0.05, 0.1) is 14.2 Å². The van der Waals surface area contributed by atoms with Crippen LogP contribution in [-0.2, 0) is 6.42 Å². The van der Waals surface area contributed by atoms with Crippen molar-refractivity contribution in [2.24, 2.45) is 0 Å². The first kappa shape index (κ1) is 18.2. The van der Waals surface area contributed by atoms with E-state index in [2.05, 4.69) is 29.3 Å². The molecule has 0 unspecified atom stereocenters. The molecule has 1 fully saturated rings. The molecule has 2 aromatic heterocycles. The van der Waals surface area contributed by atoms with Crippen LogP contribution in [0, 0.1) is 0 Å². The molecule has 0 saturated carbocycles. The molecule has 0 amide bonds. The van der Waals surface area contributed by atoms with E-state index in [0.29, 0.717) is 0 Å². The van der Waals surface area contributed by atoms with Gasteiger partial charge in [0.1, 0.15) is 36.8 Å². The van der Waals surface area contributed by atoms with Crippen LogP contribution in [0.3, 0.4) is 0 Å². The number of nitrogens with zero attached hydrogens (tertiary/aromatic N) is 3. The number of methoxy groups -OCH3 is 1. The van der Waals surface area contributed by atoms with Crippen molar-refractivity contribution in [3.63, 3.8) is 0 Å². The molecule has 27 heavy (non-hydrogen) atoms. The highest BCUT2D eigenvalue weighted by Crippen LogP contribution is 2.35. The maximum atomic E-state index is 10.9. The summed E-state index contributed by atoms with van der Waals surface area (Å²) < 4.78 is 6.91.